The van der Waals surface area contributed by atoms with E-state index >= 15 is 0 Å². The van der Waals surface area contributed by atoms with Gasteiger partial charge in [-0.3, -0.25) is 4.98 Å². The van der Waals surface area contributed by atoms with Gasteiger partial charge in [0.15, 0.2) is 0 Å². The summed E-state index contributed by atoms with van der Waals surface area (Å²) in [7, 11) is 0. The number of hydrogen-bond donors (Lipinski definition) is 0. The smallest absolute Gasteiger partial charge is 0.358 e. The fraction of sp³-hybridized carbons (Fsp3) is 0.200. The van der Waals surface area contributed by atoms with Crippen LogP contribution in [0.1, 0.15) is 5.56 Å². The molecule has 0 unspecified atom stereocenters. The summed E-state index contributed by atoms with van der Waals surface area (Å²) in [5, 5.41) is 14.5. The molecule has 0 aliphatic rings. The molecule has 2 aromatic heterocycles. The third kappa shape index (κ3) is 2.88. The van der Waals surface area contributed by atoms with Crippen LogP contribution in [0.25, 0.3) is 0 Å². The van der Waals surface area contributed by atoms with E-state index in [0.29, 0.717) is 11.0 Å². The first-order chi connectivity index (χ1) is 8.16. The lowest BCUT2D eigenvalue weighted by Gasteiger charge is -1.97. The van der Waals surface area contributed by atoms with Crippen LogP contribution in [-0.4, -0.2) is 19.7 Å². The van der Waals surface area contributed by atoms with Gasteiger partial charge in [-0.15, -0.1) is 0 Å². The highest BCUT2D eigenvalue weighted by atomic mass is 79.9. The summed E-state index contributed by atoms with van der Waals surface area (Å²) < 4.78 is 1.96. The highest BCUT2D eigenvalue weighted by Crippen LogP contribution is 2.22. The maximum atomic E-state index is 10.6. The van der Waals surface area contributed by atoms with Crippen molar-refractivity contribution in [1.29, 1.82) is 0 Å². The largest absolute Gasteiger partial charge is 0.404 e. The van der Waals surface area contributed by atoms with Crippen LogP contribution in [0, 0.1) is 10.1 Å². The molecule has 2 aromatic rings. The van der Waals surface area contributed by atoms with Crippen molar-refractivity contribution < 1.29 is 4.92 Å². The second-order valence-corrected chi connectivity index (χ2v) is 4.28. The Labute approximate surface area is 106 Å². The third-order valence-corrected chi connectivity index (χ3v) is 2.81. The van der Waals surface area contributed by atoms with E-state index in [1.165, 1.54) is 0 Å². The molecule has 0 aliphatic carbocycles. The Kier molecular flexibility index (Phi) is 3.48. The van der Waals surface area contributed by atoms with Gasteiger partial charge < -0.3 is 10.1 Å². The molecule has 2 heterocycles. The standard InChI is InChI=1S/C10H9BrN4O2/c11-9-7-14(13-10(9)15(16)17)6-3-8-1-4-12-5-2-8/h1-2,4-5,7H,3,6H2. The minimum Gasteiger partial charge on any atom is -0.358 e. The summed E-state index contributed by atoms with van der Waals surface area (Å²) in [4.78, 5) is 14.0. The Bertz CT molecular complexity index is 526. The normalized spacial score (nSPS) is 10.4. The van der Waals surface area contributed by atoms with E-state index < -0.39 is 4.92 Å². The van der Waals surface area contributed by atoms with Crippen molar-refractivity contribution in [3.63, 3.8) is 0 Å². The number of aromatic nitrogens is 3. The molecule has 0 bridgehead atoms. The van der Waals surface area contributed by atoms with E-state index in [1.54, 1.807) is 23.3 Å². The molecule has 6 nitrogen and oxygen atoms in total. The predicted octanol–water partition coefficient (Wildman–Crippen LogP) is 2.19. The van der Waals surface area contributed by atoms with E-state index in [4.69, 9.17) is 0 Å². The number of halogens is 1. The van der Waals surface area contributed by atoms with Crippen molar-refractivity contribution in [2.75, 3.05) is 0 Å². The van der Waals surface area contributed by atoms with Gasteiger partial charge in [-0.1, -0.05) is 0 Å². The predicted molar refractivity (Wildman–Crippen MR) is 64.5 cm³/mol. The SMILES string of the molecule is O=[N+]([O-])c1nn(CCc2ccncc2)cc1Br. The van der Waals surface area contributed by atoms with Crippen molar-refractivity contribution in [3.8, 4) is 0 Å². The molecule has 0 saturated heterocycles. The van der Waals surface area contributed by atoms with Crippen molar-refractivity contribution in [3.05, 3.63) is 50.9 Å². The zero-order chi connectivity index (χ0) is 12.3. The van der Waals surface area contributed by atoms with E-state index in [9.17, 15) is 10.1 Å². The van der Waals surface area contributed by atoms with Crippen LogP contribution in [0.15, 0.2) is 35.2 Å². The van der Waals surface area contributed by atoms with Crippen LogP contribution < -0.4 is 0 Å². The minimum atomic E-state index is -0.507. The molecule has 17 heavy (non-hydrogen) atoms. The molecule has 0 radical (unpaired) electrons. The maximum absolute atomic E-state index is 10.6. The van der Waals surface area contributed by atoms with Crippen LogP contribution in [0.5, 0.6) is 0 Å². The number of nitro groups is 1. The lowest BCUT2D eigenvalue weighted by molar-refractivity contribution is -0.390. The molecule has 0 aliphatic heterocycles. The number of aryl methyl sites for hydroxylation is 2. The van der Waals surface area contributed by atoms with E-state index in [0.717, 1.165) is 12.0 Å². The molecular weight excluding hydrogens is 288 g/mol. The van der Waals surface area contributed by atoms with Gasteiger partial charge in [-0.25, -0.2) is 0 Å². The third-order valence-electron chi connectivity index (χ3n) is 2.25. The van der Waals surface area contributed by atoms with Gasteiger partial charge in [0, 0.05) is 12.4 Å². The number of pyridine rings is 1. The van der Waals surface area contributed by atoms with Gasteiger partial charge in [0.2, 0.25) is 0 Å². The quantitative estimate of drug-likeness (QED) is 0.640. The zero-order valence-corrected chi connectivity index (χ0v) is 10.4. The Balaban J connectivity index is 2.05. The van der Waals surface area contributed by atoms with Gasteiger partial charge in [-0.2, -0.15) is 4.68 Å². The Hall–Kier alpha value is -1.76. The molecule has 0 amide bonds. The lowest BCUT2D eigenvalue weighted by Crippen LogP contribution is -2.02. The van der Waals surface area contributed by atoms with Gasteiger partial charge in [0.05, 0.1) is 17.8 Å². The highest BCUT2D eigenvalue weighted by molar-refractivity contribution is 9.10. The van der Waals surface area contributed by atoms with Gasteiger partial charge in [-0.05, 0) is 45.0 Å². The molecule has 0 fully saturated rings. The van der Waals surface area contributed by atoms with Gasteiger partial charge >= 0.3 is 5.82 Å². The Morgan fingerprint density at radius 2 is 2.12 bits per heavy atom. The fourth-order valence-corrected chi connectivity index (χ4v) is 1.88. The first-order valence-corrected chi connectivity index (χ1v) is 5.72. The van der Waals surface area contributed by atoms with Crippen molar-refractivity contribution in [2.24, 2.45) is 0 Å². The summed E-state index contributed by atoms with van der Waals surface area (Å²) in [6, 6.07) is 3.82. The van der Waals surface area contributed by atoms with Crippen LogP contribution in [0.4, 0.5) is 5.82 Å². The average molecular weight is 297 g/mol. The molecule has 88 valence electrons. The molecule has 0 atom stereocenters. The van der Waals surface area contributed by atoms with Crippen molar-refractivity contribution in [2.45, 2.75) is 13.0 Å². The Morgan fingerprint density at radius 3 is 2.71 bits per heavy atom. The van der Waals surface area contributed by atoms with Crippen molar-refractivity contribution in [1.82, 2.24) is 14.8 Å². The van der Waals surface area contributed by atoms with E-state index in [-0.39, 0.29) is 5.82 Å². The number of nitrogens with zero attached hydrogens (tertiary/aromatic N) is 4. The summed E-state index contributed by atoms with van der Waals surface area (Å²) in [6.07, 6.45) is 5.81. The van der Waals surface area contributed by atoms with Crippen LogP contribution in [-0.2, 0) is 13.0 Å². The van der Waals surface area contributed by atoms with Crippen LogP contribution >= 0.6 is 15.9 Å². The van der Waals surface area contributed by atoms with Crippen LogP contribution in [0.2, 0.25) is 0 Å². The molecule has 2 rings (SSSR count). The molecule has 0 N–H and O–H groups in total. The molecule has 0 aromatic carbocycles. The van der Waals surface area contributed by atoms with Gasteiger partial charge in [0.25, 0.3) is 0 Å². The monoisotopic (exact) mass is 296 g/mol. The molecule has 0 saturated carbocycles. The second-order valence-electron chi connectivity index (χ2n) is 3.43. The van der Waals surface area contributed by atoms with E-state index in [2.05, 4.69) is 26.0 Å². The molecule has 7 heteroatoms. The van der Waals surface area contributed by atoms with E-state index in [1.807, 2.05) is 12.1 Å². The first kappa shape index (κ1) is 11.7. The molecule has 0 spiro atoms. The second kappa shape index (κ2) is 5.05. The minimum absolute atomic E-state index is 0.153. The zero-order valence-electron chi connectivity index (χ0n) is 8.78. The lowest BCUT2D eigenvalue weighted by atomic mass is 10.2. The van der Waals surface area contributed by atoms with Crippen LogP contribution in [0.3, 0.4) is 0 Å². The average Bonchev–Trinajstić information content (AvgIpc) is 2.69. The highest BCUT2D eigenvalue weighted by Gasteiger charge is 2.18. The number of hydrogen-bond acceptors (Lipinski definition) is 4. The summed E-state index contributed by atoms with van der Waals surface area (Å²) >= 11 is 3.11. The van der Waals surface area contributed by atoms with Crippen molar-refractivity contribution >= 4 is 21.7 Å². The molecular formula is C10H9BrN4O2. The fourth-order valence-electron chi connectivity index (χ4n) is 1.42. The maximum Gasteiger partial charge on any atom is 0.404 e. The summed E-state index contributed by atoms with van der Waals surface area (Å²) in [5.41, 5.74) is 1.12. The Morgan fingerprint density at radius 1 is 1.41 bits per heavy atom. The summed E-state index contributed by atoms with van der Waals surface area (Å²) in [6.45, 7) is 0.594. The van der Waals surface area contributed by atoms with Gasteiger partial charge in [0.1, 0.15) is 4.47 Å². The topological polar surface area (TPSA) is 73.8 Å². The first-order valence-electron chi connectivity index (χ1n) is 4.93. The summed E-state index contributed by atoms with van der Waals surface area (Å²) in [5.74, 6) is -0.153. The number of rotatable bonds is 4.